The molecule has 5 nitrogen and oxygen atoms in total. The van der Waals surface area contributed by atoms with Gasteiger partial charge in [0.05, 0.1) is 10.4 Å². The van der Waals surface area contributed by atoms with Gasteiger partial charge in [-0.25, -0.2) is 8.42 Å². The summed E-state index contributed by atoms with van der Waals surface area (Å²) in [6.07, 6.45) is 4.55. The molecule has 1 heterocycles. The number of nitrogens with zero attached hydrogens (tertiary/aromatic N) is 1. The average Bonchev–Trinajstić information content (AvgIpc) is 3.36. The fourth-order valence-corrected chi connectivity index (χ4v) is 4.36. The molecule has 0 bridgehead atoms. The van der Waals surface area contributed by atoms with E-state index in [9.17, 15) is 8.42 Å². The SMILES string of the molecule is O=S(=O)(c1ccccc1)c1n[nH]c2ccc(CCCNC3CC3)cc12. The van der Waals surface area contributed by atoms with Crippen LogP contribution in [0.3, 0.4) is 0 Å². The number of nitrogens with one attached hydrogen (secondary N) is 2. The van der Waals surface area contributed by atoms with E-state index in [1.807, 2.05) is 18.2 Å². The van der Waals surface area contributed by atoms with E-state index in [2.05, 4.69) is 15.5 Å². The molecule has 4 rings (SSSR count). The molecule has 25 heavy (non-hydrogen) atoms. The van der Waals surface area contributed by atoms with E-state index in [4.69, 9.17) is 0 Å². The zero-order chi connectivity index (χ0) is 17.3. The van der Waals surface area contributed by atoms with Gasteiger partial charge >= 0.3 is 0 Å². The maximum absolute atomic E-state index is 12.9. The second-order valence-corrected chi connectivity index (χ2v) is 8.42. The van der Waals surface area contributed by atoms with Crippen LogP contribution in [0.25, 0.3) is 10.9 Å². The number of sulfone groups is 1. The number of H-pyrrole nitrogens is 1. The standard InChI is InChI=1S/C19H21N3O2S/c23-25(24,16-6-2-1-3-7-16)19-17-13-14(8-11-18(17)21-22-19)5-4-12-20-15-9-10-15/h1-3,6-8,11,13,15,20H,4-5,9-10,12H2,(H,21,22). The van der Waals surface area contributed by atoms with Crippen molar-refractivity contribution in [1.82, 2.24) is 15.5 Å². The summed E-state index contributed by atoms with van der Waals surface area (Å²) in [5.74, 6) is 0. The van der Waals surface area contributed by atoms with E-state index >= 15 is 0 Å². The molecule has 0 amide bonds. The Morgan fingerprint density at radius 3 is 2.68 bits per heavy atom. The highest BCUT2D eigenvalue weighted by Gasteiger charge is 2.23. The predicted octanol–water partition coefficient (Wildman–Crippen LogP) is 3.08. The van der Waals surface area contributed by atoms with Crippen molar-refractivity contribution in [2.75, 3.05) is 6.54 Å². The van der Waals surface area contributed by atoms with Crippen molar-refractivity contribution >= 4 is 20.7 Å². The minimum atomic E-state index is -3.62. The van der Waals surface area contributed by atoms with E-state index < -0.39 is 9.84 Å². The van der Waals surface area contributed by atoms with Crippen LogP contribution in [-0.2, 0) is 16.3 Å². The quantitative estimate of drug-likeness (QED) is 0.639. The maximum Gasteiger partial charge on any atom is 0.226 e. The first-order chi connectivity index (χ1) is 12.1. The van der Waals surface area contributed by atoms with Crippen LogP contribution in [0.1, 0.15) is 24.8 Å². The van der Waals surface area contributed by atoms with E-state index in [-0.39, 0.29) is 9.92 Å². The zero-order valence-electron chi connectivity index (χ0n) is 13.9. The predicted molar refractivity (Wildman–Crippen MR) is 97.3 cm³/mol. The van der Waals surface area contributed by atoms with Crippen molar-refractivity contribution < 1.29 is 8.42 Å². The average molecular weight is 355 g/mol. The molecule has 0 atom stereocenters. The van der Waals surface area contributed by atoms with Crippen LogP contribution in [0.2, 0.25) is 0 Å². The molecular weight excluding hydrogens is 334 g/mol. The zero-order valence-corrected chi connectivity index (χ0v) is 14.7. The number of aromatic amines is 1. The molecule has 1 aliphatic rings. The molecule has 1 fully saturated rings. The third-order valence-electron chi connectivity index (χ3n) is 4.55. The second-order valence-electron chi connectivity index (χ2n) is 6.56. The molecule has 0 radical (unpaired) electrons. The van der Waals surface area contributed by atoms with Crippen LogP contribution in [0, 0.1) is 0 Å². The van der Waals surface area contributed by atoms with Gasteiger partial charge in [0.2, 0.25) is 9.84 Å². The van der Waals surface area contributed by atoms with Gasteiger partial charge in [-0.2, -0.15) is 5.10 Å². The number of aryl methyl sites for hydroxylation is 1. The van der Waals surface area contributed by atoms with Crippen molar-refractivity contribution in [3.8, 4) is 0 Å². The minimum Gasteiger partial charge on any atom is -0.314 e. The smallest absolute Gasteiger partial charge is 0.226 e. The number of rotatable bonds is 7. The van der Waals surface area contributed by atoms with E-state index in [0.29, 0.717) is 5.39 Å². The number of benzene rings is 2. The largest absolute Gasteiger partial charge is 0.314 e. The van der Waals surface area contributed by atoms with Gasteiger partial charge in [0.15, 0.2) is 5.03 Å². The molecule has 6 heteroatoms. The van der Waals surface area contributed by atoms with Crippen LogP contribution in [0.15, 0.2) is 58.5 Å². The van der Waals surface area contributed by atoms with Gasteiger partial charge < -0.3 is 5.32 Å². The second kappa shape index (κ2) is 6.61. The molecule has 1 saturated carbocycles. The highest BCUT2D eigenvalue weighted by atomic mass is 32.2. The fraction of sp³-hybridized carbons (Fsp3) is 0.316. The Morgan fingerprint density at radius 1 is 1.12 bits per heavy atom. The lowest BCUT2D eigenvalue weighted by atomic mass is 10.1. The highest BCUT2D eigenvalue weighted by Crippen LogP contribution is 2.27. The lowest BCUT2D eigenvalue weighted by Gasteiger charge is -2.05. The lowest BCUT2D eigenvalue weighted by Crippen LogP contribution is -2.17. The molecule has 130 valence electrons. The van der Waals surface area contributed by atoms with Crippen molar-refractivity contribution in [3.05, 3.63) is 54.1 Å². The number of aromatic nitrogens is 2. The summed E-state index contributed by atoms with van der Waals surface area (Å²) in [5, 5.41) is 11.2. The van der Waals surface area contributed by atoms with Crippen LogP contribution >= 0.6 is 0 Å². The molecule has 1 aromatic heterocycles. The number of hydrogen-bond donors (Lipinski definition) is 2. The maximum atomic E-state index is 12.9. The summed E-state index contributed by atoms with van der Waals surface area (Å²) in [6, 6.07) is 15.1. The van der Waals surface area contributed by atoms with E-state index in [1.165, 1.54) is 12.8 Å². The number of hydrogen-bond acceptors (Lipinski definition) is 4. The molecule has 0 saturated heterocycles. The van der Waals surface area contributed by atoms with Gasteiger partial charge in [-0.1, -0.05) is 24.3 Å². The van der Waals surface area contributed by atoms with Crippen LogP contribution in [-0.4, -0.2) is 31.2 Å². The molecule has 2 aromatic carbocycles. The summed E-state index contributed by atoms with van der Waals surface area (Å²) in [5.41, 5.74) is 1.88. The Bertz CT molecular complexity index is 976. The monoisotopic (exact) mass is 355 g/mol. The first kappa shape index (κ1) is 16.3. The van der Waals surface area contributed by atoms with Gasteiger partial charge in [-0.3, -0.25) is 5.10 Å². The molecule has 3 aromatic rings. The first-order valence-electron chi connectivity index (χ1n) is 8.65. The lowest BCUT2D eigenvalue weighted by molar-refractivity contribution is 0.593. The Hall–Kier alpha value is -2.18. The molecule has 0 aliphatic heterocycles. The summed E-state index contributed by atoms with van der Waals surface area (Å²) in [7, 11) is -3.62. The van der Waals surface area contributed by atoms with Gasteiger partial charge in [0, 0.05) is 11.4 Å². The Morgan fingerprint density at radius 2 is 1.92 bits per heavy atom. The molecular formula is C19H21N3O2S. The Kier molecular flexibility index (Phi) is 4.31. The first-order valence-corrected chi connectivity index (χ1v) is 10.1. The summed E-state index contributed by atoms with van der Waals surface area (Å²) in [6.45, 7) is 1.00. The minimum absolute atomic E-state index is 0.103. The Labute approximate surface area is 147 Å². The summed E-state index contributed by atoms with van der Waals surface area (Å²) >= 11 is 0. The van der Waals surface area contributed by atoms with Crippen LogP contribution in [0.4, 0.5) is 0 Å². The van der Waals surface area contributed by atoms with Crippen molar-refractivity contribution in [1.29, 1.82) is 0 Å². The Balaban J connectivity index is 1.60. The fourth-order valence-electron chi connectivity index (χ4n) is 2.99. The molecule has 0 unspecified atom stereocenters. The molecule has 2 N–H and O–H groups in total. The van der Waals surface area contributed by atoms with Crippen molar-refractivity contribution in [2.45, 2.75) is 41.6 Å². The number of fused-ring (bicyclic) bond motifs is 1. The third-order valence-corrected chi connectivity index (χ3v) is 6.27. The van der Waals surface area contributed by atoms with Gasteiger partial charge in [0.25, 0.3) is 0 Å². The van der Waals surface area contributed by atoms with Crippen molar-refractivity contribution in [2.24, 2.45) is 0 Å². The molecule has 0 spiro atoms. The van der Waals surface area contributed by atoms with E-state index in [0.717, 1.165) is 36.5 Å². The van der Waals surface area contributed by atoms with Crippen LogP contribution < -0.4 is 5.32 Å². The van der Waals surface area contributed by atoms with Gasteiger partial charge in [-0.05, 0) is 62.1 Å². The normalized spacial score (nSPS) is 14.9. The summed E-state index contributed by atoms with van der Waals surface area (Å²) in [4.78, 5) is 0.266. The summed E-state index contributed by atoms with van der Waals surface area (Å²) < 4.78 is 25.7. The van der Waals surface area contributed by atoms with Crippen LogP contribution in [0.5, 0.6) is 0 Å². The topological polar surface area (TPSA) is 74.8 Å². The highest BCUT2D eigenvalue weighted by molar-refractivity contribution is 7.91. The third kappa shape index (κ3) is 3.45. The molecule has 1 aliphatic carbocycles. The van der Waals surface area contributed by atoms with Crippen molar-refractivity contribution in [3.63, 3.8) is 0 Å². The van der Waals surface area contributed by atoms with Gasteiger partial charge in [0.1, 0.15) is 0 Å². The van der Waals surface area contributed by atoms with Gasteiger partial charge in [-0.15, -0.1) is 0 Å². The van der Waals surface area contributed by atoms with E-state index in [1.54, 1.807) is 30.3 Å².